The van der Waals surface area contributed by atoms with Crippen molar-refractivity contribution in [2.75, 3.05) is 12.3 Å². The molecule has 2 aliphatic rings. The number of nitrogens with zero attached hydrogens (tertiary/aromatic N) is 3. The minimum atomic E-state index is -0.845. The van der Waals surface area contributed by atoms with Crippen molar-refractivity contribution >= 4 is 35.0 Å². The van der Waals surface area contributed by atoms with E-state index in [-0.39, 0.29) is 42.0 Å². The Morgan fingerprint density at radius 2 is 1.82 bits per heavy atom. The minimum Gasteiger partial charge on any atom is -0.456 e. The lowest BCUT2D eigenvalue weighted by Gasteiger charge is -2.44. The summed E-state index contributed by atoms with van der Waals surface area (Å²) < 4.78 is 5.59. The highest BCUT2D eigenvalue weighted by Gasteiger charge is 2.57. The summed E-state index contributed by atoms with van der Waals surface area (Å²) >= 11 is 1.37. The van der Waals surface area contributed by atoms with Gasteiger partial charge in [0.15, 0.2) is 0 Å². The van der Waals surface area contributed by atoms with Crippen molar-refractivity contribution in [1.29, 1.82) is 0 Å². The molecule has 0 spiro atoms. The smallest absolute Gasteiger partial charge is 0.356 e. The van der Waals surface area contributed by atoms with Crippen molar-refractivity contribution in [3.05, 3.63) is 90.0 Å². The van der Waals surface area contributed by atoms with Gasteiger partial charge in [0.2, 0.25) is 5.91 Å². The summed E-state index contributed by atoms with van der Waals surface area (Å²) in [6, 6.07) is 9.69. The van der Waals surface area contributed by atoms with Gasteiger partial charge in [-0.05, 0) is 36.1 Å². The van der Waals surface area contributed by atoms with Gasteiger partial charge in [0, 0.05) is 47.9 Å². The van der Waals surface area contributed by atoms with Gasteiger partial charge < -0.3 is 20.5 Å². The fourth-order valence-electron chi connectivity index (χ4n) is 4.73. The molecule has 3 N–H and O–H groups in total. The van der Waals surface area contributed by atoms with Crippen molar-refractivity contribution in [1.82, 2.24) is 4.90 Å². The highest BCUT2D eigenvalue weighted by molar-refractivity contribution is 8.03. The van der Waals surface area contributed by atoms with Crippen LogP contribution in [0.5, 0.6) is 0 Å². The number of aliphatic hydroxyl groups excluding tert-OH is 1. The topological polar surface area (TPSA) is 179 Å². The molecular formula is C25H26N4O8S. The molecule has 2 aromatic rings. The second-order valence-corrected chi connectivity index (χ2v) is 10.2. The van der Waals surface area contributed by atoms with Gasteiger partial charge >= 0.3 is 5.97 Å². The fourth-order valence-corrected chi connectivity index (χ4v) is 5.70. The van der Waals surface area contributed by atoms with Crippen LogP contribution in [0.3, 0.4) is 0 Å². The first-order chi connectivity index (χ1) is 18.1. The van der Waals surface area contributed by atoms with Crippen LogP contribution in [-0.4, -0.2) is 56.2 Å². The Bertz CT molecular complexity index is 1310. The van der Waals surface area contributed by atoms with E-state index in [0.29, 0.717) is 40.3 Å². The predicted molar refractivity (Wildman–Crippen MR) is 138 cm³/mol. The zero-order valence-electron chi connectivity index (χ0n) is 20.4. The van der Waals surface area contributed by atoms with Gasteiger partial charge in [-0.3, -0.25) is 25.0 Å². The van der Waals surface area contributed by atoms with E-state index in [1.807, 2.05) is 0 Å². The molecule has 0 bridgehead atoms. The van der Waals surface area contributed by atoms with Gasteiger partial charge in [0.25, 0.3) is 11.4 Å². The summed E-state index contributed by atoms with van der Waals surface area (Å²) in [6.07, 6.45) is -0.198. The third kappa shape index (κ3) is 5.39. The predicted octanol–water partition coefficient (Wildman–Crippen LogP) is 2.65. The van der Waals surface area contributed by atoms with Crippen LogP contribution in [0.4, 0.5) is 11.4 Å². The number of non-ortho nitro benzene ring substituents is 2. The number of carbonyl (C=O) groups excluding carboxylic acids is 2. The zero-order chi connectivity index (χ0) is 27.6. The van der Waals surface area contributed by atoms with Crippen LogP contribution < -0.4 is 5.73 Å². The number of carbonyl (C=O) groups is 2. The molecular weight excluding hydrogens is 516 g/mol. The van der Waals surface area contributed by atoms with Crippen LogP contribution in [0, 0.1) is 26.1 Å². The number of thioether (sulfide) groups is 1. The van der Waals surface area contributed by atoms with Gasteiger partial charge in [-0.1, -0.05) is 12.1 Å². The van der Waals surface area contributed by atoms with Crippen molar-refractivity contribution < 1.29 is 29.3 Å². The maximum Gasteiger partial charge on any atom is 0.356 e. The Morgan fingerprint density at radius 3 is 2.42 bits per heavy atom. The first-order valence-corrected chi connectivity index (χ1v) is 12.8. The van der Waals surface area contributed by atoms with Gasteiger partial charge in [-0.25, -0.2) is 4.79 Å². The number of nitro benzene ring substituents is 2. The molecule has 0 radical (unpaired) electrons. The number of hydrogen-bond donors (Lipinski definition) is 2. The number of β-lactam (4-membered cyclic amide) rings is 1. The Kier molecular flexibility index (Phi) is 8.09. The number of amides is 1. The molecule has 2 aliphatic heterocycles. The van der Waals surface area contributed by atoms with Crippen LogP contribution in [0.15, 0.2) is 53.1 Å². The number of rotatable bonds is 11. The fraction of sp³-hybridized carbons (Fsp3) is 0.360. The second kappa shape index (κ2) is 11.3. The Balaban J connectivity index is 1.55. The summed E-state index contributed by atoms with van der Waals surface area (Å²) in [5.74, 6) is -1.09. The molecule has 0 aromatic heterocycles. The van der Waals surface area contributed by atoms with Crippen LogP contribution >= 0.6 is 11.8 Å². The van der Waals surface area contributed by atoms with E-state index in [0.717, 1.165) is 0 Å². The molecule has 4 rings (SSSR count). The number of esters is 1. The van der Waals surface area contributed by atoms with E-state index >= 15 is 0 Å². The summed E-state index contributed by atoms with van der Waals surface area (Å²) in [6.45, 7) is 1.72. The molecule has 0 saturated carbocycles. The molecule has 1 fully saturated rings. The van der Waals surface area contributed by atoms with Crippen LogP contribution in [0.25, 0.3) is 0 Å². The lowest BCUT2D eigenvalue weighted by atomic mass is 9.83. The molecule has 2 aromatic carbocycles. The number of ether oxygens (including phenoxy) is 1. The van der Waals surface area contributed by atoms with Crippen molar-refractivity contribution in [3.8, 4) is 0 Å². The molecule has 12 nitrogen and oxygen atoms in total. The standard InChI is InChI=1S/C25H26N4O8S/c1-14(30)22-20-12-21(38-9-8-26)23(27(20)24(22)31)25(32)37-13-16-4-7-19(29(35)36)11-17(16)10-15-2-5-18(6-3-15)28(33)34/h2-7,11,14,20,22,30H,8-10,12-13,26H2,1H3/t14-,20-,22-/m1/s1. The van der Waals surface area contributed by atoms with E-state index in [9.17, 15) is 34.9 Å². The summed E-state index contributed by atoms with van der Waals surface area (Å²) in [5, 5.41) is 32.3. The van der Waals surface area contributed by atoms with Crippen molar-refractivity contribution in [3.63, 3.8) is 0 Å². The van der Waals surface area contributed by atoms with Gasteiger partial charge in [-0.15, -0.1) is 11.8 Å². The van der Waals surface area contributed by atoms with Gasteiger partial charge in [0.05, 0.1) is 27.9 Å². The largest absolute Gasteiger partial charge is 0.456 e. The molecule has 1 amide bonds. The Hall–Kier alpha value is -3.81. The number of fused-ring (bicyclic) bond motifs is 1. The maximum absolute atomic E-state index is 13.2. The van der Waals surface area contributed by atoms with Crippen LogP contribution in [-0.2, 0) is 27.4 Å². The molecule has 38 heavy (non-hydrogen) atoms. The first-order valence-electron chi connectivity index (χ1n) is 11.9. The summed E-state index contributed by atoms with van der Waals surface area (Å²) in [5.41, 5.74) is 7.27. The number of hydrogen-bond acceptors (Lipinski definition) is 10. The number of nitro groups is 2. The van der Waals surface area contributed by atoms with E-state index in [2.05, 4.69) is 0 Å². The van der Waals surface area contributed by atoms with Gasteiger partial charge in [0.1, 0.15) is 12.3 Å². The monoisotopic (exact) mass is 542 g/mol. The Morgan fingerprint density at radius 1 is 1.16 bits per heavy atom. The molecule has 0 unspecified atom stereocenters. The molecule has 13 heteroatoms. The van der Waals surface area contributed by atoms with Crippen molar-refractivity contribution in [2.45, 2.75) is 38.5 Å². The first kappa shape index (κ1) is 27.2. The quantitative estimate of drug-likeness (QED) is 0.185. The molecule has 3 atom stereocenters. The summed E-state index contributed by atoms with van der Waals surface area (Å²) in [4.78, 5) is 49.2. The lowest BCUT2D eigenvalue weighted by Crippen LogP contribution is -2.61. The maximum atomic E-state index is 13.2. The highest BCUT2D eigenvalue weighted by atomic mass is 32.2. The molecule has 0 aliphatic carbocycles. The molecule has 200 valence electrons. The van der Waals surface area contributed by atoms with E-state index in [4.69, 9.17) is 10.5 Å². The van der Waals surface area contributed by atoms with Crippen LogP contribution in [0.2, 0.25) is 0 Å². The van der Waals surface area contributed by atoms with E-state index in [1.54, 1.807) is 19.1 Å². The lowest BCUT2D eigenvalue weighted by molar-refractivity contribution is -0.385. The summed E-state index contributed by atoms with van der Waals surface area (Å²) in [7, 11) is 0. The second-order valence-electron chi connectivity index (χ2n) is 9.04. The average molecular weight is 543 g/mol. The average Bonchev–Trinajstić information content (AvgIpc) is 3.20. The molecule has 1 saturated heterocycles. The number of nitrogens with two attached hydrogens (primary N) is 1. The minimum absolute atomic E-state index is 0.0771. The van der Waals surface area contributed by atoms with Gasteiger partial charge in [-0.2, -0.15) is 0 Å². The van der Waals surface area contributed by atoms with Crippen LogP contribution in [0.1, 0.15) is 30.0 Å². The Labute approximate surface area is 221 Å². The van der Waals surface area contributed by atoms with E-state index < -0.39 is 27.8 Å². The number of benzene rings is 2. The third-order valence-electron chi connectivity index (χ3n) is 6.58. The third-order valence-corrected chi connectivity index (χ3v) is 7.73. The van der Waals surface area contributed by atoms with Crippen molar-refractivity contribution in [2.24, 2.45) is 11.7 Å². The normalized spacial score (nSPS) is 19.1. The zero-order valence-corrected chi connectivity index (χ0v) is 21.3. The number of aliphatic hydroxyl groups is 1. The van der Waals surface area contributed by atoms with E-state index in [1.165, 1.54) is 47.0 Å². The SMILES string of the molecule is C[C@@H](O)[C@H]1C(=O)N2C(C(=O)OCc3ccc([N+](=O)[O-])cc3Cc3ccc([N+](=O)[O-])cc3)=C(SCCN)C[C@H]12. The highest BCUT2D eigenvalue weighted by Crippen LogP contribution is 2.47. The molecule has 2 heterocycles.